The average molecular weight is 252 g/mol. The summed E-state index contributed by atoms with van der Waals surface area (Å²) in [5.74, 6) is 0. The first-order valence-electron chi connectivity index (χ1n) is 6.92. The van der Waals surface area contributed by atoms with Gasteiger partial charge in [0.15, 0.2) is 0 Å². The van der Waals surface area contributed by atoms with Crippen molar-refractivity contribution in [3.8, 4) is 0 Å². The van der Waals surface area contributed by atoms with E-state index in [1.165, 1.54) is 25.0 Å². The van der Waals surface area contributed by atoms with E-state index in [0.29, 0.717) is 0 Å². The molecule has 0 amide bonds. The van der Waals surface area contributed by atoms with Gasteiger partial charge in [-0.3, -0.25) is 9.97 Å². The number of allylic oxidation sites excluding steroid dienone is 1. The van der Waals surface area contributed by atoms with Crippen LogP contribution in [0.3, 0.4) is 0 Å². The quantitative estimate of drug-likeness (QED) is 0.687. The zero-order valence-electron chi connectivity index (χ0n) is 11.2. The van der Waals surface area contributed by atoms with Crippen molar-refractivity contribution in [3.63, 3.8) is 0 Å². The second-order valence-electron chi connectivity index (χ2n) is 4.58. The van der Waals surface area contributed by atoms with Crippen LogP contribution >= 0.6 is 0 Å². The van der Waals surface area contributed by atoms with Crippen LogP contribution in [0.1, 0.15) is 37.1 Å². The first-order valence-corrected chi connectivity index (χ1v) is 6.92. The number of aromatic nitrogens is 2. The average Bonchev–Trinajstić information content (AvgIpc) is 2.48. The van der Waals surface area contributed by atoms with Crippen LogP contribution in [0.2, 0.25) is 0 Å². The lowest BCUT2D eigenvalue weighted by molar-refractivity contribution is 0.680. The first kappa shape index (κ1) is 13.5. The van der Waals surface area contributed by atoms with Gasteiger partial charge in [0.2, 0.25) is 0 Å². The molecule has 0 aliphatic carbocycles. The Balaban J connectivity index is 1.56. The molecule has 0 N–H and O–H groups in total. The molecule has 0 saturated carbocycles. The maximum Gasteiger partial charge on any atom is 0.0626 e. The van der Waals surface area contributed by atoms with E-state index in [-0.39, 0.29) is 0 Å². The minimum Gasteiger partial charge on any atom is -0.261 e. The highest BCUT2D eigenvalue weighted by molar-refractivity contribution is 5.43. The van der Waals surface area contributed by atoms with Crippen molar-refractivity contribution in [2.75, 3.05) is 0 Å². The number of rotatable bonds is 7. The smallest absolute Gasteiger partial charge is 0.0626 e. The third-order valence-corrected chi connectivity index (χ3v) is 3.01. The molecule has 0 aromatic carbocycles. The molecule has 0 radical (unpaired) electrons. The lowest BCUT2D eigenvalue weighted by atomic mass is 10.1. The van der Waals surface area contributed by atoms with Crippen molar-refractivity contribution in [1.82, 2.24) is 9.97 Å². The van der Waals surface area contributed by atoms with E-state index in [1.54, 1.807) is 0 Å². The fourth-order valence-electron chi connectivity index (χ4n) is 1.97. The van der Waals surface area contributed by atoms with Crippen LogP contribution in [-0.4, -0.2) is 9.97 Å². The van der Waals surface area contributed by atoms with Crippen molar-refractivity contribution in [2.24, 2.45) is 0 Å². The van der Waals surface area contributed by atoms with E-state index >= 15 is 0 Å². The van der Waals surface area contributed by atoms with Crippen LogP contribution in [0, 0.1) is 0 Å². The van der Waals surface area contributed by atoms with Gasteiger partial charge in [-0.05, 0) is 56.0 Å². The van der Waals surface area contributed by atoms with Crippen molar-refractivity contribution in [3.05, 3.63) is 66.3 Å². The van der Waals surface area contributed by atoms with E-state index < -0.39 is 0 Å². The van der Waals surface area contributed by atoms with Crippen molar-refractivity contribution in [2.45, 2.75) is 32.1 Å². The third kappa shape index (κ3) is 5.47. The Bertz CT molecular complexity index is 477. The van der Waals surface area contributed by atoms with E-state index in [2.05, 4.69) is 34.3 Å². The molecule has 0 spiro atoms. The summed E-state index contributed by atoms with van der Waals surface area (Å²) in [6.07, 6.45) is 13.9. The molecule has 19 heavy (non-hydrogen) atoms. The zero-order valence-corrected chi connectivity index (χ0v) is 11.2. The molecule has 2 aromatic rings. The van der Waals surface area contributed by atoms with Crippen molar-refractivity contribution >= 4 is 6.08 Å². The number of nitrogens with zero attached hydrogens (tertiary/aromatic N) is 2. The molecular weight excluding hydrogens is 232 g/mol. The molecule has 98 valence electrons. The lowest BCUT2D eigenvalue weighted by Gasteiger charge is -1.99. The van der Waals surface area contributed by atoms with Crippen LogP contribution < -0.4 is 0 Å². The van der Waals surface area contributed by atoms with Crippen molar-refractivity contribution in [1.29, 1.82) is 0 Å². The van der Waals surface area contributed by atoms with E-state index in [4.69, 9.17) is 0 Å². The SMILES string of the molecule is C(=C\c1ccccn1)/CCCCCc1ccccn1. The minimum atomic E-state index is 1.04. The largest absolute Gasteiger partial charge is 0.261 e. The van der Waals surface area contributed by atoms with Crippen LogP contribution in [0.5, 0.6) is 0 Å². The Labute approximate surface area is 115 Å². The van der Waals surface area contributed by atoms with Crippen LogP contribution in [0.15, 0.2) is 54.9 Å². The van der Waals surface area contributed by atoms with E-state index in [0.717, 1.165) is 18.5 Å². The Morgan fingerprint density at radius 2 is 1.68 bits per heavy atom. The number of hydrogen-bond donors (Lipinski definition) is 0. The normalized spacial score (nSPS) is 10.9. The number of aryl methyl sites for hydroxylation is 1. The summed E-state index contributed by atoms with van der Waals surface area (Å²) in [7, 11) is 0. The van der Waals surface area contributed by atoms with Gasteiger partial charge >= 0.3 is 0 Å². The number of hydrogen-bond acceptors (Lipinski definition) is 2. The van der Waals surface area contributed by atoms with E-state index in [1.807, 2.05) is 36.7 Å². The summed E-state index contributed by atoms with van der Waals surface area (Å²) in [4.78, 5) is 8.59. The molecule has 0 aliphatic heterocycles. The van der Waals surface area contributed by atoms with Gasteiger partial charge in [-0.2, -0.15) is 0 Å². The summed E-state index contributed by atoms with van der Waals surface area (Å²) < 4.78 is 0. The molecule has 0 saturated heterocycles. The second kappa shape index (κ2) is 8.20. The van der Waals surface area contributed by atoms with Gasteiger partial charge < -0.3 is 0 Å². The summed E-state index contributed by atoms with van der Waals surface area (Å²) in [5.41, 5.74) is 2.24. The maximum absolute atomic E-state index is 4.33. The van der Waals surface area contributed by atoms with Crippen LogP contribution in [0.25, 0.3) is 6.08 Å². The highest BCUT2D eigenvalue weighted by Crippen LogP contribution is 2.07. The minimum absolute atomic E-state index is 1.04. The fourth-order valence-corrected chi connectivity index (χ4v) is 1.97. The van der Waals surface area contributed by atoms with Gasteiger partial charge in [0.05, 0.1) is 5.69 Å². The molecule has 0 aliphatic rings. The fraction of sp³-hybridized carbons (Fsp3) is 0.294. The summed E-state index contributed by atoms with van der Waals surface area (Å²) in [6.45, 7) is 0. The van der Waals surface area contributed by atoms with E-state index in [9.17, 15) is 0 Å². The lowest BCUT2D eigenvalue weighted by Crippen LogP contribution is -1.88. The molecule has 2 nitrogen and oxygen atoms in total. The first-order chi connectivity index (χ1) is 9.45. The third-order valence-electron chi connectivity index (χ3n) is 3.01. The van der Waals surface area contributed by atoms with Gasteiger partial charge in [0.1, 0.15) is 0 Å². The summed E-state index contributed by atoms with van der Waals surface area (Å²) in [5, 5.41) is 0. The van der Waals surface area contributed by atoms with Crippen LogP contribution in [-0.2, 0) is 6.42 Å². The molecule has 2 aromatic heterocycles. The topological polar surface area (TPSA) is 25.8 Å². The maximum atomic E-state index is 4.33. The van der Waals surface area contributed by atoms with Crippen molar-refractivity contribution < 1.29 is 0 Å². The van der Waals surface area contributed by atoms with Gasteiger partial charge in [0.25, 0.3) is 0 Å². The molecule has 2 heteroatoms. The zero-order chi connectivity index (χ0) is 13.2. The molecule has 0 unspecified atom stereocenters. The predicted octanol–water partition coefficient (Wildman–Crippen LogP) is 4.29. The standard InChI is InChI=1S/C17H20N2/c1(2-4-10-16-12-6-8-14-18-16)3-5-11-17-13-7-9-15-19-17/h4,6-10,12-15H,1-3,5,11H2/b10-4+. The molecule has 2 rings (SSSR count). The van der Waals surface area contributed by atoms with Crippen LogP contribution in [0.4, 0.5) is 0 Å². The molecule has 0 atom stereocenters. The highest BCUT2D eigenvalue weighted by atomic mass is 14.7. The number of unbranched alkanes of at least 4 members (excludes halogenated alkanes) is 3. The summed E-state index contributed by atoms with van der Waals surface area (Å²) in [6, 6.07) is 12.1. The molecule has 0 bridgehead atoms. The Kier molecular flexibility index (Phi) is 5.81. The Morgan fingerprint density at radius 3 is 2.42 bits per heavy atom. The monoisotopic (exact) mass is 252 g/mol. The number of pyridine rings is 2. The Morgan fingerprint density at radius 1 is 0.842 bits per heavy atom. The molecule has 0 fully saturated rings. The molecule has 2 heterocycles. The molecular formula is C17H20N2. The van der Waals surface area contributed by atoms with Gasteiger partial charge in [0, 0.05) is 18.1 Å². The highest BCUT2D eigenvalue weighted by Gasteiger charge is 1.93. The summed E-state index contributed by atoms with van der Waals surface area (Å²) >= 11 is 0. The van der Waals surface area contributed by atoms with Gasteiger partial charge in [-0.15, -0.1) is 0 Å². The van der Waals surface area contributed by atoms with Gasteiger partial charge in [-0.1, -0.05) is 24.6 Å². The predicted molar refractivity (Wildman–Crippen MR) is 79.7 cm³/mol. The second-order valence-corrected chi connectivity index (χ2v) is 4.58. The van der Waals surface area contributed by atoms with Gasteiger partial charge in [-0.25, -0.2) is 0 Å². The Hall–Kier alpha value is -1.96.